The van der Waals surface area contributed by atoms with Crippen molar-refractivity contribution >= 4 is 22.6 Å². The van der Waals surface area contributed by atoms with Crippen LogP contribution >= 0.6 is 22.6 Å². The fraction of sp³-hybridized carbons (Fsp3) is 0.625. The van der Waals surface area contributed by atoms with Gasteiger partial charge in [0.2, 0.25) is 0 Å². The number of nitrogens with zero attached hydrogens (tertiary/aromatic N) is 2. The molecule has 0 spiro atoms. The summed E-state index contributed by atoms with van der Waals surface area (Å²) < 4.78 is 42.0. The van der Waals surface area contributed by atoms with Crippen molar-refractivity contribution in [2.75, 3.05) is 13.2 Å². The maximum atomic E-state index is 11.7. The van der Waals surface area contributed by atoms with Crippen molar-refractivity contribution in [2.45, 2.75) is 19.1 Å². The van der Waals surface area contributed by atoms with Crippen LogP contribution in [0.15, 0.2) is 12.3 Å². The van der Waals surface area contributed by atoms with Crippen molar-refractivity contribution in [3.8, 4) is 0 Å². The van der Waals surface area contributed by atoms with E-state index in [1.54, 1.807) is 10.9 Å². The predicted molar refractivity (Wildman–Crippen MR) is 56.4 cm³/mol. The molecule has 3 nitrogen and oxygen atoms in total. The molecule has 0 radical (unpaired) electrons. The van der Waals surface area contributed by atoms with Crippen LogP contribution in [-0.2, 0) is 11.3 Å². The van der Waals surface area contributed by atoms with Gasteiger partial charge in [0.25, 0.3) is 0 Å². The van der Waals surface area contributed by atoms with E-state index >= 15 is 0 Å². The number of hydrogen-bond acceptors (Lipinski definition) is 2. The Kier molecular flexibility index (Phi) is 4.84. The van der Waals surface area contributed by atoms with Gasteiger partial charge in [-0.05, 0) is 35.1 Å². The highest BCUT2D eigenvalue weighted by Crippen LogP contribution is 2.14. The Morgan fingerprint density at radius 2 is 2.20 bits per heavy atom. The van der Waals surface area contributed by atoms with Gasteiger partial charge in [0.05, 0.1) is 0 Å². The van der Waals surface area contributed by atoms with Crippen LogP contribution in [0.5, 0.6) is 0 Å². The summed E-state index contributed by atoms with van der Waals surface area (Å²) in [5.74, 6) is 0. The van der Waals surface area contributed by atoms with Crippen molar-refractivity contribution < 1.29 is 17.9 Å². The first kappa shape index (κ1) is 12.8. The second kappa shape index (κ2) is 5.69. The van der Waals surface area contributed by atoms with Gasteiger partial charge in [0.1, 0.15) is 10.3 Å². The second-order valence-corrected chi connectivity index (χ2v) is 4.03. The zero-order valence-corrected chi connectivity index (χ0v) is 9.96. The minimum atomic E-state index is -4.24. The minimum absolute atomic E-state index is 0.0932. The van der Waals surface area contributed by atoms with Crippen LogP contribution in [0, 0.1) is 3.70 Å². The molecule has 1 aromatic heterocycles. The third kappa shape index (κ3) is 5.98. The summed E-state index contributed by atoms with van der Waals surface area (Å²) in [7, 11) is 0. The summed E-state index contributed by atoms with van der Waals surface area (Å²) in [6.45, 7) is -0.513. The van der Waals surface area contributed by atoms with Gasteiger partial charge in [0.15, 0.2) is 0 Å². The van der Waals surface area contributed by atoms with Gasteiger partial charge in [-0.15, -0.1) is 0 Å². The number of aryl methyl sites for hydroxylation is 1. The Labute approximate surface area is 98.7 Å². The molecule has 0 aliphatic heterocycles. The van der Waals surface area contributed by atoms with Crippen molar-refractivity contribution in [1.29, 1.82) is 0 Å². The first-order valence-corrected chi connectivity index (χ1v) is 5.39. The van der Waals surface area contributed by atoms with Gasteiger partial charge < -0.3 is 4.74 Å². The van der Waals surface area contributed by atoms with Crippen LogP contribution in [0.25, 0.3) is 0 Å². The van der Waals surface area contributed by atoms with Crippen molar-refractivity contribution in [2.24, 2.45) is 0 Å². The minimum Gasteiger partial charge on any atom is -0.372 e. The van der Waals surface area contributed by atoms with Gasteiger partial charge in [-0.1, -0.05) is 0 Å². The molecule has 0 amide bonds. The van der Waals surface area contributed by atoms with E-state index in [0.29, 0.717) is 13.0 Å². The third-order valence-corrected chi connectivity index (χ3v) is 2.13. The van der Waals surface area contributed by atoms with E-state index in [1.165, 1.54) is 0 Å². The fourth-order valence-corrected chi connectivity index (χ4v) is 1.42. The fourth-order valence-electron chi connectivity index (χ4n) is 0.978. The van der Waals surface area contributed by atoms with Gasteiger partial charge in [0, 0.05) is 19.3 Å². The molecule has 1 heterocycles. The summed E-state index contributed by atoms with van der Waals surface area (Å²) in [6.07, 6.45) is -1.93. The molecule has 0 unspecified atom stereocenters. The van der Waals surface area contributed by atoms with E-state index in [0.717, 1.165) is 3.70 Å². The molecule has 0 aliphatic carbocycles. The van der Waals surface area contributed by atoms with Gasteiger partial charge in [-0.25, -0.2) is 0 Å². The van der Waals surface area contributed by atoms with E-state index in [-0.39, 0.29) is 6.61 Å². The molecule has 0 N–H and O–H groups in total. The van der Waals surface area contributed by atoms with Crippen molar-refractivity contribution in [3.05, 3.63) is 16.0 Å². The van der Waals surface area contributed by atoms with E-state index in [9.17, 15) is 13.2 Å². The molecule has 0 aliphatic rings. The maximum absolute atomic E-state index is 11.7. The molecule has 86 valence electrons. The molecule has 1 aromatic rings. The van der Waals surface area contributed by atoms with E-state index in [1.807, 2.05) is 6.07 Å². The molecule has 0 aromatic carbocycles. The molecular weight excluding hydrogens is 324 g/mol. The largest absolute Gasteiger partial charge is 0.411 e. The molecule has 0 atom stereocenters. The summed E-state index contributed by atoms with van der Waals surface area (Å²) in [5, 5.41) is 4.08. The van der Waals surface area contributed by atoms with Crippen LogP contribution in [0.1, 0.15) is 6.42 Å². The zero-order valence-electron chi connectivity index (χ0n) is 7.80. The lowest BCUT2D eigenvalue weighted by Gasteiger charge is -2.07. The second-order valence-electron chi connectivity index (χ2n) is 2.92. The Bertz CT molecular complexity index is 300. The number of aromatic nitrogens is 2. The highest BCUT2D eigenvalue weighted by Gasteiger charge is 2.27. The lowest BCUT2D eigenvalue weighted by atomic mass is 10.4. The van der Waals surface area contributed by atoms with Crippen LogP contribution < -0.4 is 0 Å². The summed E-state index contributed by atoms with van der Waals surface area (Å²) >= 11 is 2.07. The molecule has 0 fully saturated rings. The summed E-state index contributed by atoms with van der Waals surface area (Å²) in [6, 6.07) is 1.83. The maximum Gasteiger partial charge on any atom is 0.411 e. The number of rotatable bonds is 5. The summed E-state index contributed by atoms with van der Waals surface area (Å²) in [4.78, 5) is 0. The average molecular weight is 334 g/mol. The topological polar surface area (TPSA) is 27.1 Å². The van der Waals surface area contributed by atoms with Gasteiger partial charge in [-0.3, -0.25) is 4.68 Å². The summed E-state index contributed by atoms with van der Waals surface area (Å²) in [5.41, 5.74) is 0. The number of hydrogen-bond donors (Lipinski definition) is 0. The smallest absolute Gasteiger partial charge is 0.372 e. The van der Waals surface area contributed by atoms with Crippen LogP contribution in [0.2, 0.25) is 0 Å². The molecule has 1 rings (SSSR count). The first-order chi connectivity index (χ1) is 6.97. The molecule has 15 heavy (non-hydrogen) atoms. The number of alkyl halides is 3. The number of ether oxygens (including phenoxy) is 1. The van der Waals surface area contributed by atoms with Crippen LogP contribution in [-0.4, -0.2) is 29.2 Å². The van der Waals surface area contributed by atoms with Gasteiger partial charge in [-0.2, -0.15) is 18.3 Å². The molecule has 7 heteroatoms. The van der Waals surface area contributed by atoms with Gasteiger partial charge >= 0.3 is 6.18 Å². The number of halogens is 4. The highest BCUT2D eigenvalue weighted by atomic mass is 127. The lowest BCUT2D eigenvalue weighted by molar-refractivity contribution is -0.174. The van der Waals surface area contributed by atoms with E-state index in [2.05, 4.69) is 32.4 Å². The highest BCUT2D eigenvalue weighted by molar-refractivity contribution is 14.1. The van der Waals surface area contributed by atoms with Crippen molar-refractivity contribution in [3.63, 3.8) is 0 Å². The van der Waals surface area contributed by atoms with Crippen molar-refractivity contribution in [1.82, 2.24) is 9.78 Å². The SMILES string of the molecule is FC(F)(F)COCCCn1ccc(I)n1. The standard InChI is InChI=1S/C8H10F3IN2O/c9-8(10,11)6-15-5-1-3-14-4-2-7(12)13-14/h2,4H,1,3,5-6H2. The molecular formula is C8H10F3IN2O. The third-order valence-electron chi connectivity index (χ3n) is 1.55. The normalized spacial score (nSPS) is 12.0. The Morgan fingerprint density at radius 3 is 2.73 bits per heavy atom. The average Bonchev–Trinajstić information content (AvgIpc) is 2.49. The quantitative estimate of drug-likeness (QED) is 0.611. The Morgan fingerprint density at radius 1 is 1.47 bits per heavy atom. The zero-order chi connectivity index (χ0) is 11.3. The monoisotopic (exact) mass is 334 g/mol. The first-order valence-electron chi connectivity index (χ1n) is 4.31. The molecule has 0 bridgehead atoms. The molecule has 0 saturated carbocycles. The van der Waals surface area contributed by atoms with Crippen LogP contribution in [0.4, 0.5) is 13.2 Å². The molecule has 0 saturated heterocycles. The van der Waals surface area contributed by atoms with E-state index < -0.39 is 12.8 Å². The Hall–Kier alpha value is -0.310. The van der Waals surface area contributed by atoms with E-state index in [4.69, 9.17) is 0 Å². The Balaban J connectivity index is 2.07. The lowest BCUT2D eigenvalue weighted by Crippen LogP contribution is -2.17. The predicted octanol–water partition coefficient (Wildman–Crippen LogP) is 2.46. The van der Waals surface area contributed by atoms with Crippen LogP contribution in [0.3, 0.4) is 0 Å².